The fourth-order valence-corrected chi connectivity index (χ4v) is 4.13. The van der Waals surface area contributed by atoms with Crippen LogP contribution in [0.2, 0.25) is 0 Å². The van der Waals surface area contributed by atoms with Crippen molar-refractivity contribution in [2.24, 2.45) is 0 Å². The summed E-state index contributed by atoms with van der Waals surface area (Å²) >= 11 is 0. The molecule has 11 heteroatoms. The van der Waals surface area contributed by atoms with Gasteiger partial charge < -0.3 is 14.8 Å². The van der Waals surface area contributed by atoms with E-state index in [9.17, 15) is 23.3 Å². The lowest BCUT2D eigenvalue weighted by Crippen LogP contribution is -2.47. The first kappa shape index (κ1) is 22.9. The Kier molecular flexibility index (Phi) is 7.22. The van der Waals surface area contributed by atoms with Crippen LogP contribution in [0.4, 0.5) is 17.1 Å². The molecule has 1 N–H and O–H groups in total. The molecular weight excluding hydrogens is 414 g/mol. The van der Waals surface area contributed by atoms with Gasteiger partial charge in [0.2, 0.25) is 15.9 Å². The molecule has 0 saturated heterocycles. The molecule has 0 heterocycles. The van der Waals surface area contributed by atoms with Gasteiger partial charge in [-0.05, 0) is 24.6 Å². The van der Waals surface area contributed by atoms with Gasteiger partial charge in [-0.25, -0.2) is 8.42 Å². The number of methoxy groups -OCH3 is 2. The van der Waals surface area contributed by atoms with Gasteiger partial charge in [0.05, 0.1) is 36.8 Å². The van der Waals surface area contributed by atoms with Crippen LogP contribution in [0.3, 0.4) is 0 Å². The number of carbonyl (C=O) groups excluding carboxylic acids is 1. The number of nitrogens with zero attached hydrogens (tertiary/aromatic N) is 2. The van der Waals surface area contributed by atoms with Crippen molar-refractivity contribution in [2.45, 2.75) is 19.4 Å². The maximum absolute atomic E-state index is 13.0. The lowest BCUT2D eigenvalue weighted by atomic mass is 10.1. The van der Waals surface area contributed by atoms with Gasteiger partial charge in [0.15, 0.2) is 0 Å². The van der Waals surface area contributed by atoms with E-state index in [1.165, 1.54) is 32.4 Å². The molecule has 0 aromatic heterocycles. The van der Waals surface area contributed by atoms with Crippen LogP contribution in [-0.4, -0.2) is 45.8 Å². The van der Waals surface area contributed by atoms with Crippen molar-refractivity contribution in [2.75, 3.05) is 30.1 Å². The number of nitro groups is 1. The first-order valence-electron chi connectivity index (χ1n) is 8.89. The predicted octanol–water partition coefficient (Wildman–Crippen LogP) is 2.80. The molecule has 1 amide bonds. The van der Waals surface area contributed by atoms with Crippen LogP contribution in [-0.2, 0) is 14.8 Å². The second-order valence-corrected chi connectivity index (χ2v) is 8.17. The Labute approximate surface area is 174 Å². The van der Waals surface area contributed by atoms with Crippen LogP contribution in [0, 0.1) is 10.1 Å². The van der Waals surface area contributed by atoms with E-state index >= 15 is 0 Å². The quantitative estimate of drug-likeness (QED) is 0.472. The fraction of sp³-hybridized carbons (Fsp3) is 0.316. The molecule has 0 aliphatic heterocycles. The van der Waals surface area contributed by atoms with E-state index < -0.39 is 26.9 Å². The van der Waals surface area contributed by atoms with Crippen molar-refractivity contribution in [3.05, 3.63) is 52.6 Å². The zero-order valence-corrected chi connectivity index (χ0v) is 17.8. The van der Waals surface area contributed by atoms with E-state index in [1.54, 1.807) is 25.1 Å². The summed E-state index contributed by atoms with van der Waals surface area (Å²) in [4.78, 5) is 23.5. The van der Waals surface area contributed by atoms with Crippen molar-refractivity contribution in [1.29, 1.82) is 0 Å². The summed E-state index contributed by atoms with van der Waals surface area (Å²) in [6, 6.07) is 8.74. The number of anilines is 2. The van der Waals surface area contributed by atoms with Gasteiger partial charge in [-0.3, -0.25) is 19.2 Å². The van der Waals surface area contributed by atoms with Crippen molar-refractivity contribution in [1.82, 2.24) is 0 Å². The minimum atomic E-state index is -3.94. The van der Waals surface area contributed by atoms with Crippen molar-refractivity contribution in [3.63, 3.8) is 0 Å². The lowest BCUT2D eigenvalue weighted by molar-refractivity contribution is -0.384. The van der Waals surface area contributed by atoms with Crippen LogP contribution < -0.4 is 19.1 Å². The third kappa shape index (κ3) is 5.17. The van der Waals surface area contributed by atoms with Crippen molar-refractivity contribution < 1.29 is 27.6 Å². The van der Waals surface area contributed by atoms with E-state index in [2.05, 4.69) is 5.32 Å². The topological polar surface area (TPSA) is 128 Å². The average Bonchev–Trinajstić information content (AvgIpc) is 2.71. The molecule has 0 radical (unpaired) electrons. The first-order chi connectivity index (χ1) is 14.1. The molecular formula is C19H23N3O7S. The van der Waals surface area contributed by atoms with Gasteiger partial charge in [-0.15, -0.1) is 0 Å². The molecule has 162 valence electrons. The van der Waals surface area contributed by atoms with Crippen LogP contribution in [0.5, 0.6) is 11.5 Å². The maximum Gasteiger partial charge on any atom is 0.271 e. The Morgan fingerprint density at radius 2 is 1.90 bits per heavy atom. The molecule has 0 aliphatic rings. The lowest BCUT2D eigenvalue weighted by Gasteiger charge is -2.30. The summed E-state index contributed by atoms with van der Waals surface area (Å²) in [5.74, 6) is 0.239. The first-order valence-corrected chi connectivity index (χ1v) is 10.7. The Balaban J connectivity index is 2.44. The number of rotatable bonds is 9. The third-order valence-corrected chi connectivity index (χ3v) is 5.47. The number of hydrogen-bond donors (Lipinski definition) is 1. The van der Waals surface area contributed by atoms with E-state index in [-0.39, 0.29) is 17.8 Å². The van der Waals surface area contributed by atoms with Crippen LogP contribution in [0.25, 0.3) is 0 Å². The summed E-state index contributed by atoms with van der Waals surface area (Å²) in [5.41, 5.74) is 0.0675. The summed E-state index contributed by atoms with van der Waals surface area (Å²) in [6.07, 6.45) is 1.07. The highest BCUT2D eigenvalue weighted by Crippen LogP contribution is 2.31. The average molecular weight is 437 g/mol. The second kappa shape index (κ2) is 9.44. The Morgan fingerprint density at radius 1 is 1.20 bits per heavy atom. The molecule has 0 unspecified atom stereocenters. The fourth-order valence-electron chi connectivity index (χ4n) is 2.92. The van der Waals surface area contributed by atoms with Gasteiger partial charge in [0.1, 0.15) is 17.5 Å². The summed E-state index contributed by atoms with van der Waals surface area (Å²) in [5, 5.41) is 13.8. The molecule has 2 aromatic rings. The smallest absolute Gasteiger partial charge is 0.271 e. The highest BCUT2D eigenvalue weighted by Gasteiger charge is 2.32. The monoisotopic (exact) mass is 437 g/mol. The molecule has 1 atom stereocenters. The SMILES string of the molecule is CC[C@H](C(=O)Nc1ccc(OC)cc1OC)N(c1cccc([N+](=O)[O-])c1)S(C)(=O)=O. The molecule has 2 aromatic carbocycles. The van der Waals surface area contributed by atoms with Crippen LogP contribution in [0.15, 0.2) is 42.5 Å². The Bertz CT molecular complexity index is 1040. The number of nitro benzene ring substituents is 1. The summed E-state index contributed by atoms with van der Waals surface area (Å²) in [7, 11) is -1.02. The van der Waals surface area contributed by atoms with Gasteiger partial charge in [0, 0.05) is 18.2 Å². The largest absolute Gasteiger partial charge is 0.497 e. The molecule has 0 fully saturated rings. The molecule has 0 saturated carbocycles. The molecule has 0 aliphatic carbocycles. The maximum atomic E-state index is 13.0. The normalized spacial score (nSPS) is 12.0. The number of amides is 1. The van der Waals surface area contributed by atoms with Crippen LogP contribution >= 0.6 is 0 Å². The van der Waals surface area contributed by atoms with Crippen LogP contribution in [0.1, 0.15) is 13.3 Å². The minimum Gasteiger partial charge on any atom is -0.497 e. The number of non-ortho nitro benzene ring substituents is 1. The minimum absolute atomic E-state index is 0.0235. The van der Waals surface area contributed by atoms with Gasteiger partial charge >= 0.3 is 0 Å². The van der Waals surface area contributed by atoms with Gasteiger partial charge in [-0.1, -0.05) is 13.0 Å². The molecule has 0 spiro atoms. The number of nitrogens with one attached hydrogen (secondary N) is 1. The number of sulfonamides is 1. The summed E-state index contributed by atoms with van der Waals surface area (Å²) in [6.45, 7) is 1.64. The number of carbonyl (C=O) groups is 1. The summed E-state index contributed by atoms with van der Waals surface area (Å²) < 4.78 is 36.3. The Hall–Kier alpha value is -3.34. The zero-order valence-electron chi connectivity index (χ0n) is 17.0. The van der Waals surface area contributed by atoms with Gasteiger partial charge in [0.25, 0.3) is 5.69 Å². The molecule has 30 heavy (non-hydrogen) atoms. The number of benzene rings is 2. The number of ether oxygens (including phenoxy) is 2. The molecule has 10 nitrogen and oxygen atoms in total. The highest BCUT2D eigenvalue weighted by atomic mass is 32.2. The molecule has 0 bridgehead atoms. The van der Waals surface area contributed by atoms with E-state index in [0.29, 0.717) is 17.2 Å². The van der Waals surface area contributed by atoms with E-state index in [1.807, 2.05) is 0 Å². The van der Waals surface area contributed by atoms with Crippen molar-refractivity contribution >= 4 is 33.0 Å². The Morgan fingerprint density at radius 3 is 2.43 bits per heavy atom. The van der Waals surface area contributed by atoms with Gasteiger partial charge in [-0.2, -0.15) is 0 Å². The van der Waals surface area contributed by atoms with E-state index in [0.717, 1.165) is 16.6 Å². The number of hydrogen-bond acceptors (Lipinski definition) is 7. The zero-order chi connectivity index (χ0) is 22.5. The molecule has 2 rings (SSSR count). The van der Waals surface area contributed by atoms with Crippen molar-refractivity contribution in [3.8, 4) is 11.5 Å². The second-order valence-electron chi connectivity index (χ2n) is 6.32. The predicted molar refractivity (Wildman–Crippen MR) is 113 cm³/mol. The third-order valence-electron chi connectivity index (χ3n) is 4.29. The highest BCUT2D eigenvalue weighted by molar-refractivity contribution is 7.92. The standard InChI is InChI=1S/C19H23N3O7S/c1-5-17(19(23)20-16-10-9-15(28-2)12-18(16)29-3)21(30(4,26)27)13-7-6-8-14(11-13)22(24)25/h6-12,17H,5H2,1-4H3,(H,20,23)/t17-/m1/s1. The van der Waals surface area contributed by atoms with E-state index in [4.69, 9.17) is 9.47 Å².